The molecule has 25 heteroatoms. The molecule has 0 amide bonds. The van der Waals surface area contributed by atoms with Crippen LogP contribution in [0.25, 0.3) is 0 Å². The van der Waals surface area contributed by atoms with Crippen molar-refractivity contribution in [3.63, 3.8) is 0 Å². The molecule has 0 saturated carbocycles. The van der Waals surface area contributed by atoms with Gasteiger partial charge in [-0.2, -0.15) is 13.5 Å². The normalized spacial score (nSPS) is 14.5. The Morgan fingerprint density at radius 1 is 0.635 bits per heavy atom. The number of nitrogens with two attached hydrogens (primary N) is 1. The maximum absolute atomic E-state index is 5.64. The standard InChI is InChI=1S/C11H31N4P3.C3H9NO.C2H6Cl2NP.11CH4.Cl6N3P3/c1-9-10-11-13-18(8,12-2)15-17(6,7)14-16(3,4)5;1-5-3-2-4;1-5-6(2,3)4;;;;;;;;;;;;1-10(2)7-11(3,4)9-12(5,6)8-10/h13H,9-11H2,1-8H3;2-4H2,1H3;1-2H3;11*1H4;. The van der Waals surface area contributed by atoms with E-state index in [2.05, 4.69) is 79.8 Å². The van der Waals surface area contributed by atoms with Gasteiger partial charge in [0.05, 0.1) is 13.8 Å². The quantitative estimate of drug-likeness (QED) is 0.185. The van der Waals surface area contributed by atoms with Crippen molar-refractivity contribution in [1.82, 2.24) is 5.09 Å². The Labute approximate surface area is 368 Å². The second kappa shape index (κ2) is 44.4. The lowest BCUT2D eigenvalue weighted by Gasteiger charge is -2.22. The smallest absolute Gasteiger partial charge is 0.257 e. The fourth-order valence-electron chi connectivity index (χ4n) is 2.27. The van der Waals surface area contributed by atoms with Gasteiger partial charge in [0.15, 0.2) is 0 Å². The zero-order valence-corrected chi connectivity index (χ0v) is 37.6. The lowest BCUT2D eigenvalue weighted by molar-refractivity contribution is 0.207. The van der Waals surface area contributed by atoms with Crippen LogP contribution in [0.4, 0.5) is 0 Å². The van der Waals surface area contributed by atoms with Crippen molar-refractivity contribution in [2.45, 2.75) is 101 Å². The van der Waals surface area contributed by atoms with E-state index in [-0.39, 0.29) is 81.7 Å². The van der Waals surface area contributed by atoms with E-state index in [0.717, 1.165) is 6.54 Å². The molecule has 0 fully saturated rings. The summed E-state index contributed by atoms with van der Waals surface area (Å²) in [5.41, 5.74) is 5.01. The molecule has 1 aliphatic rings. The molecule has 1 unspecified atom stereocenters. The number of methoxy groups -OCH3 is 1. The molecule has 3 N–H and O–H groups in total. The highest BCUT2D eigenvalue weighted by atomic mass is 35.9. The van der Waals surface area contributed by atoms with Gasteiger partial charge in [0, 0.05) is 41.0 Å². The second-order valence-electron chi connectivity index (χ2n) is 9.20. The fourth-order valence-corrected chi connectivity index (χ4v) is 31.5. The summed E-state index contributed by atoms with van der Waals surface area (Å²) in [6.07, 6.45) is 2.38. The van der Waals surface area contributed by atoms with E-state index in [1.54, 1.807) is 20.8 Å². The van der Waals surface area contributed by atoms with Gasteiger partial charge < -0.3 is 10.5 Å². The van der Waals surface area contributed by atoms with Gasteiger partial charge in [-0.15, -0.1) is 0 Å². The Morgan fingerprint density at radius 2 is 0.942 bits per heavy atom. The molecule has 0 aromatic rings. The Hall–Kier alpha value is 3.81. The minimum Gasteiger partial charge on any atom is -0.383 e. The van der Waals surface area contributed by atoms with E-state index >= 15 is 0 Å². The molecule has 52 heavy (non-hydrogen) atoms. The topological polar surface area (TPSA) is 134 Å². The number of nitrogens with zero attached hydrogens (tertiary/aromatic N) is 7. The summed E-state index contributed by atoms with van der Waals surface area (Å²) in [7, 11) is 0.719. The Balaban J connectivity index is -0.0000000315. The van der Waals surface area contributed by atoms with Crippen LogP contribution < -0.4 is 10.8 Å². The first-order valence-corrected chi connectivity index (χ1v) is 34.0. The molecule has 0 aromatic heterocycles. The SMILES string of the molecule is C.C.C.C.C.C.C.C.C.C.C.CCCCNP(C)(N=P(C)(C)N=P(C)(C)C)=NC.CN=P(C)(Cl)Cl.COCCN.ClP1(Cl)=NP(Cl)(Cl)=NP(Cl)(Cl)=N1. The number of rotatable bonds is 8. The van der Waals surface area contributed by atoms with Crippen LogP contribution in [0.3, 0.4) is 0 Å². The van der Waals surface area contributed by atoms with Crippen molar-refractivity contribution < 1.29 is 4.74 Å². The van der Waals surface area contributed by atoms with Crippen molar-refractivity contribution in [3.05, 3.63) is 0 Å². The van der Waals surface area contributed by atoms with Crippen molar-refractivity contribution in [1.29, 1.82) is 0 Å². The van der Waals surface area contributed by atoms with E-state index in [9.17, 15) is 0 Å². The third-order valence-corrected chi connectivity index (χ3v) is 26.3. The Bertz CT molecular complexity index is 1100. The van der Waals surface area contributed by atoms with Crippen molar-refractivity contribution in [2.75, 3.05) is 87.6 Å². The number of ether oxygens (including phenoxy) is 1. The molecule has 10 nitrogen and oxygen atoms in total. The summed E-state index contributed by atoms with van der Waals surface area (Å²) in [5, 5.41) is 3.55. The van der Waals surface area contributed by atoms with Gasteiger partial charge in [-0.1, -0.05) is 118 Å². The van der Waals surface area contributed by atoms with Gasteiger partial charge in [0.2, 0.25) is 0 Å². The molecule has 0 spiro atoms. The summed E-state index contributed by atoms with van der Waals surface area (Å²) >= 11 is 44.7. The van der Waals surface area contributed by atoms with Gasteiger partial charge in [-0.25, -0.2) is 4.52 Å². The average molecular weight is 1060 g/mol. The van der Waals surface area contributed by atoms with Gasteiger partial charge >= 0.3 is 0 Å². The van der Waals surface area contributed by atoms with Gasteiger partial charge in [-0.05, 0) is 121 Å². The first-order valence-electron chi connectivity index (χ1n) is 11.7. The van der Waals surface area contributed by atoms with Crippen LogP contribution in [-0.2, 0) is 4.74 Å². The minimum absolute atomic E-state index is 0. The molecule has 0 saturated heterocycles. The predicted octanol–water partition coefficient (Wildman–Crippen LogP) is 21.7. The Morgan fingerprint density at radius 3 is 1.12 bits per heavy atom. The molecule has 0 bridgehead atoms. The molecular weight excluding hydrogens is 967 g/mol. The second-order valence-corrected chi connectivity index (χ2v) is 41.0. The van der Waals surface area contributed by atoms with Crippen LogP contribution in [0.2, 0.25) is 0 Å². The van der Waals surface area contributed by atoms with Crippen molar-refractivity contribution in [3.8, 4) is 0 Å². The molecule has 0 aliphatic carbocycles. The van der Waals surface area contributed by atoms with E-state index < -0.39 is 45.1 Å². The first-order chi connectivity index (χ1) is 18.1. The predicted molar refractivity (Wildman–Crippen MR) is 283 cm³/mol. The van der Waals surface area contributed by atoms with Crippen LogP contribution in [0.15, 0.2) is 32.1 Å². The molecule has 0 radical (unpaired) electrons. The summed E-state index contributed by atoms with van der Waals surface area (Å²) in [4.78, 5) is 0. The summed E-state index contributed by atoms with van der Waals surface area (Å²) < 4.78 is 33.7. The zero-order valence-electron chi connectivity index (χ0n) is 25.3. The van der Waals surface area contributed by atoms with Crippen LogP contribution in [0, 0.1) is 0 Å². The van der Waals surface area contributed by atoms with Gasteiger partial charge in [0.1, 0.15) is 13.1 Å². The maximum atomic E-state index is 5.64. The molecule has 1 rings (SSSR count). The number of hydrogen-bond donors (Lipinski definition) is 2. The van der Waals surface area contributed by atoms with Gasteiger partial charge in [0.25, 0.3) is 17.7 Å². The highest BCUT2D eigenvalue weighted by molar-refractivity contribution is 8.26. The number of unbranched alkanes of at least 4 members (excludes halogenated alkanes) is 1. The molecular formula is C27H90Cl8N9OP7. The highest BCUT2D eigenvalue weighted by Crippen LogP contribution is 2.87. The fraction of sp³-hybridized carbons (Fsp3) is 1.00. The van der Waals surface area contributed by atoms with Crippen LogP contribution in [-0.4, -0.2) is 87.6 Å². The number of hydrogen-bond acceptors (Lipinski definition) is 7. The summed E-state index contributed by atoms with van der Waals surface area (Å²) in [6.45, 7) is 19.5. The van der Waals surface area contributed by atoms with E-state index in [4.69, 9.17) is 105 Å². The third kappa shape index (κ3) is 65.7. The minimum atomic E-state index is -2.91. The van der Waals surface area contributed by atoms with E-state index in [1.165, 1.54) is 12.8 Å². The van der Waals surface area contributed by atoms with E-state index in [1.807, 2.05) is 7.05 Å². The monoisotopic (exact) mass is 1050 g/mol. The Kier molecular flexibility index (Phi) is 81.8. The zero-order chi connectivity index (χ0) is 33.4. The van der Waals surface area contributed by atoms with Crippen molar-refractivity contribution in [2.24, 2.45) is 37.8 Å². The largest absolute Gasteiger partial charge is 0.383 e. The van der Waals surface area contributed by atoms with Crippen LogP contribution in [0.5, 0.6) is 0 Å². The van der Waals surface area contributed by atoms with Crippen molar-refractivity contribution >= 4 is 135 Å². The van der Waals surface area contributed by atoms with Gasteiger partial charge in [-0.3, -0.25) is 19.1 Å². The summed E-state index contributed by atoms with van der Waals surface area (Å²) in [6, 6.07) is 0. The maximum Gasteiger partial charge on any atom is 0.257 e. The number of nitrogens with one attached hydrogen (secondary N) is 1. The molecule has 340 valence electrons. The molecule has 1 aliphatic heterocycles. The van der Waals surface area contributed by atoms with E-state index in [0.29, 0.717) is 13.2 Å². The molecule has 0 aromatic carbocycles. The summed E-state index contributed by atoms with van der Waals surface area (Å²) in [5.74, 6) is -10.6. The highest BCUT2D eigenvalue weighted by Gasteiger charge is 2.30. The van der Waals surface area contributed by atoms with Crippen LogP contribution >= 0.6 is 135 Å². The van der Waals surface area contributed by atoms with Crippen LogP contribution in [0.1, 0.15) is 101 Å². The third-order valence-electron chi connectivity index (χ3n) is 3.53. The number of halogens is 8. The lowest BCUT2D eigenvalue weighted by atomic mass is 10.3. The first kappa shape index (κ1) is 95.9. The lowest BCUT2D eigenvalue weighted by Crippen LogP contribution is -2.10. The molecule has 1 heterocycles. The molecule has 1 atom stereocenters. The average Bonchev–Trinajstić information content (AvgIpc) is 2.69.